The van der Waals surface area contributed by atoms with Crippen LogP contribution in [0.3, 0.4) is 0 Å². The standard InChI is InChI=1S/C10H14NO4P/c1-3-15-16(14,4-2)10-7-5-9(6-8-10)11(12)13/h5-8H,3-4H2,1-2H3/t16-/m0/s1. The molecule has 0 unspecified atom stereocenters. The number of hydrogen-bond donors (Lipinski definition) is 0. The molecule has 5 nitrogen and oxygen atoms in total. The Bertz CT molecular complexity index is 415. The van der Waals surface area contributed by atoms with Crippen LogP contribution >= 0.6 is 7.37 Å². The third-order valence-electron chi connectivity index (χ3n) is 2.21. The van der Waals surface area contributed by atoms with Crippen molar-refractivity contribution in [2.75, 3.05) is 12.8 Å². The fourth-order valence-electron chi connectivity index (χ4n) is 1.36. The third-order valence-corrected chi connectivity index (χ3v) is 4.80. The second-order valence-corrected chi connectivity index (χ2v) is 5.93. The highest BCUT2D eigenvalue weighted by atomic mass is 31.2. The van der Waals surface area contributed by atoms with E-state index in [1.165, 1.54) is 24.3 Å². The van der Waals surface area contributed by atoms with Gasteiger partial charge in [0.25, 0.3) is 5.69 Å². The van der Waals surface area contributed by atoms with Crippen molar-refractivity contribution in [2.24, 2.45) is 0 Å². The Hall–Kier alpha value is -1.19. The van der Waals surface area contributed by atoms with Gasteiger partial charge in [-0.2, -0.15) is 0 Å². The number of non-ortho nitro benzene ring substituents is 1. The van der Waals surface area contributed by atoms with Crippen LogP contribution in [0.25, 0.3) is 0 Å². The van der Waals surface area contributed by atoms with Gasteiger partial charge in [-0.1, -0.05) is 6.92 Å². The first-order valence-electron chi connectivity index (χ1n) is 5.02. The molecule has 0 spiro atoms. The summed E-state index contributed by atoms with van der Waals surface area (Å²) in [5.74, 6) is 0. The number of nitro benzene ring substituents is 1. The molecule has 0 amide bonds. The molecule has 0 aliphatic heterocycles. The van der Waals surface area contributed by atoms with Crippen LogP contribution < -0.4 is 5.30 Å². The summed E-state index contributed by atoms with van der Waals surface area (Å²) in [4.78, 5) is 9.98. The lowest BCUT2D eigenvalue weighted by Gasteiger charge is -2.15. The van der Waals surface area contributed by atoms with E-state index in [0.29, 0.717) is 18.1 Å². The highest BCUT2D eigenvalue weighted by Crippen LogP contribution is 2.45. The van der Waals surface area contributed by atoms with Gasteiger partial charge in [-0.25, -0.2) is 0 Å². The maximum atomic E-state index is 12.3. The average molecular weight is 243 g/mol. The van der Waals surface area contributed by atoms with Gasteiger partial charge in [0.1, 0.15) is 0 Å². The molecule has 1 aromatic carbocycles. The molecule has 0 aliphatic carbocycles. The van der Waals surface area contributed by atoms with Crippen molar-refractivity contribution in [3.8, 4) is 0 Å². The van der Waals surface area contributed by atoms with Crippen molar-refractivity contribution in [3.05, 3.63) is 34.4 Å². The molecule has 0 heterocycles. The number of rotatable bonds is 5. The topological polar surface area (TPSA) is 69.4 Å². The molecule has 1 atom stereocenters. The van der Waals surface area contributed by atoms with Gasteiger partial charge >= 0.3 is 0 Å². The summed E-state index contributed by atoms with van der Waals surface area (Å²) in [6.07, 6.45) is 0.388. The Morgan fingerprint density at radius 1 is 1.31 bits per heavy atom. The quantitative estimate of drug-likeness (QED) is 0.452. The SMILES string of the molecule is CCO[P@@](=O)(CC)c1ccc([N+](=O)[O-])cc1. The van der Waals surface area contributed by atoms with Gasteiger partial charge in [0.05, 0.1) is 11.5 Å². The van der Waals surface area contributed by atoms with Crippen LogP contribution in [-0.2, 0) is 9.09 Å². The van der Waals surface area contributed by atoms with Gasteiger partial charge in [0.2, 0.25) is 7.37 Å². The zero-order valence-corrected chi connectivity index (χ0v) is 10.1. The Labute approximate surface area is 94.0 Å². The molecule has 6 heteroatoms. The van der Waals surface area contributed by atoms with Crippen LogP contribution in [0.15, 0.2) is 24.3 Å². The molecule has 0 N–H and O–H groups in total. The van der Waals surface area contributed by atoms with Crippen LogP contribution in [0.5, 0.6) is 0 Å². The van der Waals surface area contributed by atoms with Crippen molar-refractivity contribution in [1.82, 2.24) is 0 Å². The largest absolute Gasteiger partial charge is 0.326 e. The second kappa shape index (κ2) is 5.23. The number of benzene rings is 1. The van der Waals surface area contributed by atoms with Gasteiger partial charge < -0.3 is 4.52 Å². The van der Waals surface area contributed by atoms with E-state index in [2.05, 4.69) is 0 Å². The van der Waals surface area contributed by atoms with Crippen LogP contribution in [0, 0.1) is 10.1 Å². The molecule has 88 valence electrons. The molecule has 0 aliphatic rings. The first kappa shape index (κ1) is 12.9. The van der Waals surface area contributed by atoms with E-state index >= 15 is 0 Å². The van der Waals surface area contributed by atoms with E-state index in [9.17, 15) is 14.7 Å². The predicted octanol–water partition coefficient (Wildman–Crippen LogP) is 2.55. The van der Waals surface area contributed by atoms with E-state index in [-0.39, 0.29) is 5.69 Å². The summed E-state index contributed by atoms with van der Waals surface area (Å²) >= 11 is 0. The number of nitro groups is 1. The molecule has 0 saturated heterocycles. The van der Waals surface area contributed by atoms with E-state index in [1.807, 2.05) is 0 Å². The maximum absolute atomic E-state index is 12.3. The summed E-state index contributed by atoms with van der Waals surface area (Å²) in [6.45, 7) is 3.91. The van der Waals surface area contributed by atoms with E-state index in [4.69, 9.17) is 4.52 Å². The number of hydrogen-bond acceptors (Lipinski definition) is 4. The average Bonchev–Trinajstić information content (AvgIpc) is 2.29. The van der Waals surface area contributed by atoms with Gasteiger partial charge in [-0.15, -0.1) is 0 Å². The zero-order valence-electron chi connectivity index (χ0n) is 9.25. The molecule has 0 saturated carbocycles. The summed E-state index contributed by atoms with van der Waals surface area (Å²) in [5.41, 5.74) is -0.0112. The van der Waals surface area contributed by atoms with Crippen molar-refractivity contribution in [2.45, 2.75) is 13.8 Å². The maximum Gasteiger partial charge on any atom is 0.269 e. The molecular weight excluding hydrogens is 229 g/mol. The summed E-state index contributed by atoms with van der Waals surface area (Å²) in [6, 6.07) is 5.68. The van der Waals surface area contributed by atoms with Gasteiger partial charge in [0, 0.05) is 23.6 Å². The van der Waals surface area contributed by atoms with Crippen LogP contribution in [0.4, 0.5) is 5.69 Å². The van der Waals surface area contributed by atoms with Gasteiger partial charge in [-0.05, 0) is 19.1 Å². The zero-order chi connectivity index (χ0) is 12.2. The predicted molar refractivity (Wildman–Crippen MR) is 62.5 cm³/mol. The Morgan fingerprint density at radius 3 is 2.25 bits per heavy atom. The Balaban J connectivity index is 3.04. The number of nitrogens with zero attached hydrogens (tertiary/aromatic N) is 1. The summed E-state index contributed by atoms with van der Waals surface area (Å²) < 4.78 is 17.5. The summed E-state index contributed by atoms with van der Waals surface area (Å²) in [5, 5.41) is 11.0. The van der Waals surface area contributed by atoms with Crippen molar-refractivity contribution in [1.29, 1.82) is 0 Å². The molecule has 0 fully saturated rings. The highest BCUT2D eigenvalue weighted by Gasteiger charge is 2.23. The first-order chi connectivity index (χ1) is 7.53. The van der Waals surface area contributed by atoms with Crippen molar-refractivity contribution < 1.29 is 14.0 Å². The molecular formula is C10H14NO4P. The monoisotopic (exact) mass is 243 g/mol. The molecule has 0 radical (unpaired) electrons. The lowest BCUT2D eigenvalue weighted by Crippen LogP contribution is -2.09. The van der Waals surface area contributed by atoms with Gasteiger partial charge in [-0.3, -0.25) is 14.7 Å². The molecule has 0 bridgehead atoms. The minimum Gasteiger partial charge on any atom is -0.326 e. The fraction of sp³-hybridized carbons (Fsp3) is 0.400. The first-order valence-corrected chi connectivity index (χ1v) is 6.83. The minimum atomic E-state index is -2.83. The Morgan fingerprint density at radius 2 is 1.88 bits per heavy atom. The molecule has 1 rings (SSSR count). The van der Waals surface area contributed by atoms with E-state index in [1.54, 1.807) is 13.8 Å². The molecule has 16 heavy (non-hydrogen) atoms. The Kier molecular flexibility index (Phi) is 4.21. The van der Waals surface area contributed by atoms with Crippen LogP contribution in [0.1, 0.15) is 13.8 Å². The van der Waals surface area contributed by atoms with Crippen molar-refractivity contribution in [3.63, 3.8) is 0 Å². The second-order valence-electron chi connectivity index (χ2n) is 3.18. The van der Waals surface area contributed by atoms with Crippen LogP contribution in [-0.4, -0.2) is 17.7 Å². The lowest BCUT2D eigenvalue weighted by atomic mass is 10.3. The smallest absolute Gasteiger partial charge is 0.269 e. The van der Waals surface area contributed by atoms with Crippen molar-refractivity contribution >= 4 is 18.4 Å². The van der Waals surface area contributed by atoms with Crippen LogP contribution in [0.2, 0.25) is 0 Å². The minimum absolute atomic E-state index is 0.0112. The van der Waals surface area contributed by atoms with E-state index in [0.717, 1.165) is 0 Å². The van der Waals surface area contributed by atoms with Gasteiger partial charge in [0.15, 0.2) is 0 Å². The fourth-order valence-corrected chi connectivity index (χ4v) is 3.08. The normalized spacial score (nSPS) is 14.4. The lowest BCUT2D eigenvalue weighted by molar-refractivity contribution is -0.384. The summed E-state index contributed by atoms with van der Waals surface area (Å²) in [7, 11) is -2.83. The van der Waals surface area contributed by atoms with E-state index < -0.39 is 12.3 Å². The highest BCUT2D eigenvalue weighted by molar-refractivity contribution is 7.66. The third kappa shape index (κ3) is 2.68. The molecule has 1 aromatic rings. The molecule has 0 aromatic heterocycles.